The van der Waals surface area contributed by atoms with Gasteiger partial charge >= 0.3 is 208 Å². The Morgan fingerprint density at radius 3 is 1.63 bits per heavy atom. The Hall–Kier alpha value is -2.05. The van der Waals surface area contributed by atoms with Gasteiger partial charge in [-0.2, -0.15) is 0 Å². The van der Waals surface area contributed by atoms with Crippen LogP contribution in [0.15, 0.2) is 48.5 Å². The molecular weight excluding hydrogens is 567 g/mol. The Balaban J connectivity index is 2.62. The number of aliphatic hydroxyl groups is 1. The van der Waals surface area contributed by atoms with E-state index in [1.54, 1.807) is 0 Å². The molecule has 38 heavy (non-hydrogen) atoms. The third-order valence-electron chi connectivity index (χ3n) is 6.89. The summed E-state index contributed by atoms with van der Waals surface area (Å²) in [5.41, 5.74) is -14.1. The molecule has 2 aromatic carbocycles. The predicted molar refractivity (Wildman–Crippen MR) is 116 cm³/mol. The number of hydrogen-bond donors (Lipinski definition) is 1. The predicted octanol–water partition coefficient (Wildman–Crippen LogP) is 7.20. The standard InChI is InChI=1S/C23H21F12O2P/c1-3-4-13-38(2,16-11-7-5-9-14(16)18(36,20(24,25)26)21(27,28)29)17-12-8-6-10-15(17)19(37-38,22(30,31)32)23(33,34)35/h5-12,36H,3-4,13H2,1-2H3. The molecule has 214 valence electrons. The van der Waals surface area contributed by atoms with Crippen LogP contribution < -0.4 is 10.6 Å². The van der Waals surface area contributed by atoms with E-state index >= 15 is 0 Å². The van der Waals surface area contributed by atoms with Crippen molar-refractivity contribution in [2.45, 2.75) is 55.7 Å². The Labute approximate surface area is 208 Å². The molecule has 0 fully saturated rings. The van der Waals surface area contributed by atoms with Crippen LogP contribution in [-0.4, -0.2) is 42.6 Å². The summed E-state index contributed by atoms with van der Waals surface area (Å²) in [5, 5.41) is 8.20. The van der Waals surface area contributed by atoms with E-state index in [1.165, 1.54) is 6.92 Å². The molecule has 0 aliphatic carbocycles. The van der Waals surface area contributed by atoms with Crippen LogP contribution in [0.1, 0.15) is 30.9 Å². The average Bonchev–Trinajstić information content (AvgIpc) is 3.04. The summed E-state index contributed by atoms with van der Waals surface area (Å²) in [4.78, 5) is 0. The van der Waals surface area contributed by atoms with E-state index in [1.807, 2.05) is 0 Å². The van der Waals surface area contributed by atoms with Gasteiger partial charge in [0.05, 0.1) is 0 Å². The second-order valence-electron chi connectivity index (χ2n) is 9.27. The molecule has 0 saturated heterocycles. The molecule has 0 amide bonds. The van der Waals surface area contributed by atoms with Crippen LogP contribution in [0, 0.1) is 0 Å². The van der Waals surface area contributed by atoms with Crippen molar-refractivity contribution in [1.29, 1.82) is 0 Å². The Morgan fingerprint density at radius 2 is 1.18 bits per heavy atom. The average molecular weight is 588 g/mol. The number of unbranched alkanes of at least 4 members (excludes halogenated alkanes) is 1. The zero-order valence-electron chi connectivity index (χ0n) is 19.6. The Bertz CT molecular complexity index is 1170. The SMILES string of the molecule is CCCCP1(C)(c2ccccc2C(O)(C(F)(F)F)C(F)(F)F)OC(C(F)(F)F)(C(F)(F)F)c2ccccc21. The first-order chi connectivity index (χ1) is 17.0. The van der Waals surface area contributed by atoms with Crippen LogP contribution >= 0.6 is 6.83 Å². The molecule has 1 aliphatic rings. The summed E-state index contributed by atoms with van der Waals surface area (Å²) in [6.45, 7) is -3.55. The van der Waals surface area contributed by atoms with Crippen molar-refractivity contribution < 1.29 is 62.3 Å². The molecule has 0 spiro atoms. The van der Waals surface area contributed by atoms with Crippen molar-refractivity contribution >= 4 is 17.4 Å². The van der Waals surface area contributed by atoms with Gasteiger partial charge in [-0.05, 0) is 0 Å². The van der Waals surface area contributed by atoms with Crippen LogP contribution in [0.5, 0.6) is 0 Å². The molecular formula is C23H21F12O2P. The summed E-state index contributed by atoms with van der Waals surface area (Å²) in [6, 6.07) is 5.36. The van der Waals surface area contributed by atoms with Crippen LogP contribution in [0.2, 0.25) is 0 Å². The first-order valence-corrected chi connectivity index (χ1v) is 13.7. The van der Waals surface area contributed by atoms with E-state index in [9.17, 15) is 57.8 Å². The first kappa shape index (κ1) is 30.5. The van der Waals surface area contributed by atoms with Crippen molar-refractivity contribution in [1.82, 2.24) is 0 Å². The van der Waals surface area contributed by atoms with Gasteiger partial charge in [0.1, 0.15) is 0 Å². The first-order valence-electron chi connectivity index (χ1n) is 11.0. The molecule has 3 rings (SSSR count). The third-order valence-corrected chi connectivity index (χ3v) is 12.4. The van der Waals surface area contributed by atoms with E-state index in [-0.39, 0.29) is 18.9 Å². The number of benzene rings is 2. The second-order valence-corrected chi connectivity index (χ2v) is 14.2. The fraction of sp³-hybridized carbons (Fsp3) is 0.478. The van der Waals surface area contributed by atoms with Crippen molar-refractivity contribution in [3.63, 3.8) is 0 Å². The monoisotopic (exact) mass is 588 g/mol. The molecule has 1 N–H and O–H groups in total. The van der Waals surface area contributed by atoms with Gasteiger partial charge in [-0.3, -0.25) is 0 Å². The molecule has 1 aliphatic heterocycles. The topological polar surface area (TPSA) is 29.5 Å². The summed E-state index contributed by atoms with van der Waals surface area (Å²) >= 11 is 0. The molecule has 0 bridgehead atoms. The third kappa shape index (κ3) is 3.92. The van der Waals surface area contributed by atoms with Gasteiger partial charge in [0.25, 0.3) is 0 Å². The van der Waals surface area contributed by atoms with Gasteiger partial charge in [-0.25, -0.2) is 0 Å². The quantitative estimate of drug-likeness (QED) is 0.296. The van der Waals surface area contributed by atoms with Crippen LogP contribution in [0.3, 0.4) is 0 Å². The number of halogens is 12. The van der Waals surface area contributed by atoms with Gasteiger partial charge < -0.3 is 0 Å². The van der Waals surface area contributed by atoms with E-state index in [0.717, 1.165) is 30.9 Å². The molecule has 0 radical (unpaired) electrons. The molecule has 0 atom stereocenters. The Morgan fingerprint density at radius 1 is 0.737 bits per heavy atom. The maximum atomic E-state index is 14.4. The molecule has 0 aromatic heterocycles. The molecule has 15 heteroatoms. The normalized spacial score (nSPS) is 20.4. The fourth-order valence-electron chi connectivity index (χ4n) is 5.08. The van der Waals surface area contributed by atoms with Crippen molar-refractivity contribution in [3.05, 3.63) is 59.7 Å². The van der Waals surface area contributed by atoms with Gasteiger partial charge in [-0.1, -0.05) is 0 Å². The molecule has 1 heterocycles. The summed E-state index contributed by atoms with van der Waals surface area (Å²) in [6.07, 6.45) is -26.3. The summed E-state index contributed by atoms with van der Waals surface area (Å²) in [5.74, 6) is 0. The van der Waals surface area contributed by atoms with E-state index in [4.69, 9.17) is 4.52 Å². The van der Waals surface area contributed by atoms with Crippen molar-refractivity contribution in [2.24, 2.45) is 0 Å². The second kappa shape index (κ2) is 8.72. The van der Waals surface area contributed by atoms with Crippen molar-refractivity contribution in [2.75, 3.05) is 12.8 Å². The zero-order valence-corrected chi connectivity index (χ0v) is 20.5. The number of rotatable bonds is 5. The molecule has 0 saturated carbocycles. The number of fused-ring (bicyclic) bond motifs is 1. The number of hydrogen-bond acceptors (Lipinski definition) is 2. The number of alkyl halides is 12. The Kier molecular flexibility index (Phi) is 7.00. The van der Waals surface area contributed by atoms with Crippen LogP contribution in [-0.2, 0) is 15.7 Å². The van der Waals surface area contributed by atoms with E-state index in [2.05, 4.69) is 0 Å². The van der Waals surface area contributed by atoms with Gasteiger partial charge in [0.15, 0.2) is 0 Å². The minimum atomic E-state index is -6.46. The minimum absolute atomic E-state index is 0.0906. The fourth-order valence-corrected chi connectivity index (χ4v) is 10.9. The van der Waals surface area contributed by atoms with Gasteiger partial charge in [0, 0.05) is 0 Å². The van der Waals surface area contributed by atoms with E-state index in [0.29, 0.717) is 18.2 Å². The van der Waals surface area contributed by atoms with Crippen LogP contribution in [0.25, 0.3) is 0 Å². The summed E-state index contributed by atoms with van der Waals surface area (Å²) in [7, 11) is 0. The molecule has 2 nitrogen and oxygen atoms in total. The van der Waals surface area contributed by atoms with E-state index < -0.39 is 70.6 Å². The van der Waals surface area contributed by atoms with Gasteiger partial charge in [0.2, 0.25) is 0 Å². The van der Waals surface area contributed by atoms with Gasteiger partial charge in [-0.15, -0.1) is 0 Å². The van der Waals surface area contributed by atoms with Crippen molar-refractivity contribution in [3.8, 4) is 0 Å². The van der Waals surface area contributed by atoms with Crippen LogP contribution in [0.4, 0.5) is 52.7 Å². The summed E-state index contributed by atoms with van der Waals surface area (Å²) < 4.78 is 175. The molecule has 0 unspecified atom stereocenters. The maximum absolute atomic E-state index is 14.4. The zero-order chi connectivity index (χ0) is 29.2. The molecule has 2 aromatic rings.